The number of hydrogen-bond donors (Lipinski definition) is 4. The fourth-order valence-electron chi connectivity index (χ4n) is 1.73. The van der Waals surface area contributed by atoms with Gasteiger partial charge in [0.25, 0.3) is 0 Å². The van der Waals surface area contributed by atoms with Gasteiger partial charge in [0, 0.05) is 25.7 Å². The van der Waals surface area contributed by atoms with Crippen LogP contribution in [0.3, 0.4) is 0 Å². The predicted molar refractivity (Wildman–Crippen MR) is 68.9 cm³/mol. The summed E-state index contributed by atoms with van der Waals surface area (Å²) >= 11 is 0. The highest BCUT2D eigenvalue weighted by atomic mass is 16.3. The van der Waals surface area contributed by atoms with Gasteiger partial charge in [0.1, 0.15) is 0 Å². The second-order valence-corrected chi connectivity index (χ2v) is 3.98. The highest BCUT2D eigenvalue weighted by Crippen LogP contribution is 2.01. The highest BCUT2D eigenvalue weighted by Gasteiger charge is 2.09. The topological polar surface area (TPSA) is 76.0 Å². The van der Waals surface area contributed by atoms with Crippen LogP contribution < -0.4 is 5.32 Å². The highest BCUT2D eigenvalue weighted by molar-refractivity contribution is 4.79. The van der Waals surface area contributed by atoms with Crippen molar-refractivity contribution in [1.82, 2.24) is 10.2 Å². The van der Waals surface area contributed by atoms with Crippen LogP contribution in [0, 0.1) is 0 Å². The molecule has 0 fully saturated rings. The molecule has 0 radical (unpaired) electrons. The average molecular weight is 246 g/mol. The lowest BCUT2D eigenvalue weighted by Gasteiger charge is -2.23. The Morgan fingerprint density at radius 1 is 1.06 bits per heavy atom. The molecular formula is C12H26N2O3. The smallest absolute Gasteiger partial charge is 0.0558 e. The Morgan fingerprint density at radius 2 is 1.71 bits per heavy atom. The van der Waals surface area contributed by atoms with Gasteiger partial charge in [0.15, 0.2) is 0 Å². The Labute approximate surface area is 104 Å². The van der Waals surface area contributed by atoms with E-state index in [1.165, 1.54) is 0 Å². The lowest BCUT2D eigenvalue weighted by molar-refractivity contribution is 0.155. The first kappa shape index (κ1) is 16.5. The number of rotatable bonds is 12. The van der Waals surface area contributed by atoms with Crippen molar-refractivity contribution in [3.8, 4) is 0 Å². The van der Waals surface area contributed by atoms with E-state index in [1.807, 2.05) is 11.0 Å². The molecule has 0 amide bonds. The molecule has 4 N–H and O–H groups in total. The summed E-state index contributed by atoms with van der Waals surface area (Å²) in [7, 11) is 0. The van der Waals surface area contributed by atoms with Gasteiger partial charge < -0.3 is 20.6 Å². The SMILES string of the molecule is C=CCC(CCN(CCO)CCO)NCCO. The third-order valence-corrected chi connectivity index (χ3v) is 2.62. The molecule has 17 heavy (non-hydrogen) atoms. The van der Waals surface area contributed by atoms with E-state index in [1.54, 1.807) is 0 Å². The summed E-state index contributed by atoms with van der Waals surface area (Å²) in [5.74, 6) is 0. The third-order valence-electron chi connectivity index (χ3n) is 2.62. The van der Waals surface area contributed by atoms with Crippen LogP contribution >= 0.6 is 0 Å². The van der Waals surface area contributed by atoms with Crippen LogP contribution in [0.15, 0.2) is 12.7 Å². The molecule has 1 atom stereocenters. The molecule has 0 aromatic rings. The molecule has 0 bridgehead atoms. The van der Waals surface area contributed by atoms with Crippen molar-refractivity contribution >= 4 is 0 Å². The maximum absolute atomic E-state index is 8.89. The summed E-state index contributed by atoms with van der Waals surface area (Å²) < 4.78 is 0. The van der Waals surface area contributed by atoms with Crippen molar-refractivity contribution in [3.05, 3.63) is 12.7 Å². The number of hydrogen-bond acceptors (Lipinski definition) is 5. The number of aliphatic hydroxyl groups is 3. The van der Waals surface area contributed by atoms with E-state index in [4.69, 9.17) is 15.3 Å². The van der Waals surface area contributed by atoms with Crippen LogP contribution in [0.4, 0.5) is 0 Å². The van der Waals surface area contributed by atoms with Gasteiger partial charge in [-0.2, -0.15) is 0 Å². The van der Waals surface area contributed by atoms with Crippen LogP contribution in [-0.2, 0) is 0 Å². The molecular weight excluding hydrogens is 220 g/mol. The van der Waals surface area contributed by atoms with Crippen LogP contribution in [0.25, 0.3) is 0 Å². The standard InChI is InChI=1S/C12H26N2O3/c1-2-3-12(13-5-9-15)4-6-14(7-10-16)8-11-17/h2,12-13,15-17H,1,3-11H2. The first-order valence-electron chi connectivity index (χ1n) is 6.17. The zero-order valence-corrected chi connectivity index (χ0v) is 10.5. The van der Waals surface area contributed by atoms with Crippen molar-refractivity contribution < 1.29 is 15.3 Å². The Bertz CT molecular complexity index is 173. The van der Waals surface area contributed by atoms with E-state index in [0.29, 0.717) is 25.7 Å². The van der Waals surface area contributed by atoms with E-state index in [9.17, 15) is 0 Å². The Morgan fingerprint density at radius 3 is 2.18 bits per heavy atom. The summed E-state index contributed by atoms with van der Waals surface area (Å²) in [6.07, 6.45) is 3.62. The predicted octanol–water partition coefficient (Wildman–Crippen LogP) is -0.810. The van der Waals surface area contributed by atoms with Gasteiger partial charge in [-0.3, -0.25) is 4.90 Å². The number of nitrogens with zero attached hydrogens (tertiary/aromatic N) is 1. The maximum atomic E-state index is 8.89. The third kappa shape index (κ3) is 9.26. The van der Waals surface area contributed by atoms with Gasteiger partial charge >= 0.3 is 0 Å². The van der Waals surface area contributed by atoms with E-state index in [0.717, 1.165) is 19.4 Å². The molecule has 102 valence electrons. The molecule has 0 saturated heterocycles. The van der Waals surface area contributed by atoms with E-state index < -0.39 is 0 Å². The molecule has 0 aromatic heterocycles. The lowest BCUT2D eigenvalue weighted by Crippen LogP contribution is -2.37. The lowest BCUT2D eigenvalue weighted by atomic mass is 10.1. The number of nitrogens with one attached hydrogen (secondary N) is 1. The molecule has 0 saturated carbocycles. The fourth-order valence-corrected chi connectivity index (χ4v) is 1.73. The van der Waals surface area contributed by atoms with Crippen molar-refractivity contribution in [1.29, 1.82) is 0 Å². The van der Waals surface area contributed by atoms with Gasteiger partial charge in [-0.25, -0.2) is 0 Å². The van der Waals surface area contributed by atoms with Crippen LogP contribution in [0.5, 0.6) is 0 Å². The molecule has 0 spiro atoms. The molecule has 5 nitrogen and oxygen atoms in total. The first-order valence-corrected chi connectivity index (χ1v) is 6.17. The van der Waals surface area contributed by atoms with Gasteiger partial charge in [0.05, 0.1) is 19.8 Å². The Hall–Kier alpha value is -0.460. The van der Waals surface area contributed by atoms with Gasteiger partial charge in [-0.15, -0.1) is 6.58 Å². The molecule has 0 aliphatic carbocycles. The van der Waals surface area contributed by atoms with Crippen molar-refractivity contribution in [2.75, 3.05) is 46.0 Å². The van der Waals surface area contributed by atoms with Crippen LogP contribution in [-0.4, -0.2) is 72.3 Å². The summed E-state index contributed by atoms with van der Waals surface area (Å²) in [5.41, 5.74) is 0. The van der Waals surface area contributed by atoms with Gasteiger partial charge in [0.2, 0.25) is 0 Å². The number of aliphatic hydroxyl groups excluding tert-OH is 3. The summed E-state index contributed by atoms with van der Waals surface area (Å²) in [5, 5.41) is 29.8. The zero-order valence-electron chi connectivity index (χ0n) is 10.5. The minimum atomic E-state index is 0.107. The fraction of sp³-hybridized carbons (Fsp3) is 0.833. The summed E-state index contributed by atoms with van der Waals surface area (Å²) in [6.45, 7) is 6.63. The van der Waals surface area contributed by atoms with Crippen LogP contribution in [0.2, 0.25) is 0 Å². The zero-order chi connectivity index (χ0) is 12.9. The Balaban J connectivity index is 3.91. The second kappa shape index (κ2) is 12.0. The quantitative estimate of drug-likeness (QED) is 0.339. The summed E-state index contributed by atoms with van der Waals surface area (Å²) in [4.78, 5) is 2.02. The molecule has 0 rings (SSSR count). The Kier molecular flexibility index (Phi) is 11.7. The maximum Gasteiger partial charge on any atom is 0.0558 e. The van der Waals surface area contributed by atoms with E-state index in [-0.39, 0.29) is 19.8 Å². The van der Waals surface area contributed by atoms with Crippen molar-refractivity contribution in [2.45, 2.75) is 18.9 Å². The molecule has 0 heterocycles. The second-order valence-electron chi connectivity index (χ2n) is 3.98. The van der Waals surface area contributed by atoms with E-state index >= 15 is 0 Å². The molecule has 5 heteroatoms. The molecule has 0 aliphatic rings. The normalized spacial score (nSPS) is 12.9. The average Bonchev–Trinajstić information content (AvgIpc) is 2.33. The largest absolute Gasteiger partial charge is 0.395 e. The minimum Gasteiger partial charge on any atom is -0.395 e. The van der Waals surface area contributed by atoms with E-state index in [2.05, 4.69) is 11.9 Å². The van der Waals surface area contributed by atoms with Crippen LogP contribution in [0.1, 0.15) is 12.8 Å². The minimum absolute atomic E-state index is 0.107. The monoisotopic (exact) mass is 246 g/mol. The first-order chi connectivity index (χ1) is 8.28. The van der Waals surface area contributed by atoms with Crippen molar-refractivity contribution in [2.24, 2.45) is 0 Å². The van der Waals surface area contributed by atoms with Crippen molar-refractivity contribution in [3.63, 3.8) is 0 Å². The van der Waals surface area contributed by atoms with Gasteiger partial charge in [-0.1, -0.05) is 6.08 Å². The summed E-state index contributed by atoms with van der Waals surface area (Å²) in [6, 6.07) is 0.291. The molecule has 1 unspecified atom stereocenters. The molecule has 0 aliphatic heterocycles. The van der Waals surface area contributed by atoms with Gasteiger partial charge in [-0.05, 0) is 19.4 Å². The molecule has 0 aromatic carbocycles.